The number of halogens is 1. The average Bonchev–Trinajstić information content (AvgIpc) is 3.25. The summed E-state index contributed by atoms with van der Waals surface area (Å²) in [5.74, 6) is 0.153. The number of nitrogens with zero attached hydrogens (tertiary/aromatic N) is 5. The summed E-state index contributed by atoms with van der Waals surface area (Å²) >= 11 is 0. The molecule has 0 atom stereocenters. The minimum Gasteiger partial charge on any atom is -0.382 e. The third-order valence-electron chi connectivity index (χ3n) is 6.65. The topological polar surface area (TPSA) is 113 Å². The summed E-state index contributed by atoms with van der Waals surface area (Å²) in [5.41, 5.74) is 10.2. The number of nitrogens with one attached hydrogen (secondary N) is 2. The monoisotopic (exact) mass is 530 g/mol. The fraction of sp³-hybridized carbons (Fsp3) is 0.333. The number of carbonyl (C=O) groups excluding carboxylic acids is 1. The predicted octanol–water partition coefficient (Wildman–Crippen LogP) is 4.81. The molecule has 1 fully saturated rings. The number of amides is 2. The minimum atomic E-state index is -0.577. The molecule has 0 aliphatic carbocycles. The zero-order valence-corrected chi connectivity index (χ0v) is 22.8. The van der Waals surface area contributed by atoms with Gasteiger partial charge in [0.25, 0.3) is 0 Å². The molecule has 9 nitrogen and oxygen atoms in total. The lowest BCUT2D eigenvalue weighted by Crippen LogP contribution is -2.31. The molecule has 3 aromatic heterocycles. The molecule has 0 spiro atoms. The van der Waals surface area contributed by atoms with E-state index in [1.165, 1.54) is 30.5 Å². The Morgan fingerprint density at radius 3 is 2.63 bits per heavy atom. The molecule has 38 heavy (non-hydrogen) atoms. The summed E-state index contributed by atoms with van der Waals surface area (Å²) in [4.78, 5) is 23.4. The first kappa shape index (κ1) is 25.8. The maximum absolute atomic E-state index is 15.2. The Labute approximate surface area is 223 Å². The number of anilines is 3. The molecule has 196 valence electrons. The number of hydrogen-bond donors (Lipinski definition) is 3. The van der Waals surface area contributed by atoms with Gasteiger partial charge >= 0.3 is 6.03 Å². The van der Waals surface area contributed by atoms with Crippen LogP contribution in [-0.2, 0) is 12.0 Å². The van der Waals surface area contributed by atoms with Crippen LogP contribution < -0.4 is 16.4 Å². The Hall–Kier alpha value is -3.83. The van der Waals surface area contributed by atoms with Crippen molar-refractivity contribution in [1.82, 2.24) is 24.5 Å². The van der Waals surface area contributed by atoms with Crippen molar-refractivity contribution < 1.29 is 9.18 Å². The van der Waals surface area contributed by atoms with E-state index >= 15 is 4.39 Å². The van der Waals surface area contributed by atoms with Crippen LogP contribution in [0.1, 0.15) is 32.0 Å². The second-order valence-electron chi connectivity index (χ2n) is 10.4. The summed E-state index contributed by atoms with van der Waals surface area (Å²) < 4.78 is 17.0. The number of carbonyl (C=O) groups is 1. The number of urea groups is 1. The fourth-order valence-electron chi connectivity index (χ4n) is 4.58. The molecule has 1 aromatic carbocycles. The average molecular weight is 531 g/mol. The van der Waals surface area contributed by atoms with Crippen LogP contribution in [0.15, 0.2) is 48.9 Å². The van der Waals surface area contributed by atoms with Crippen molar-refractivity contribution in [3.05, 3.63) is 66.0 Å². The normalized spacial score (nSPS) is 14.5. The minimum absolute atomic E-state index is 0.0559. The number of nitrogen functional groups attached to an aromatic ring is 1. The van der Waals surface area contributed by atoms with E-state index in [4.69, 9.17) is 5.73 Å². The Morgan fingerprint density at radius 1 is 1.11 bits per heavy atom. The standard InChI is InChI=1S/C27H31FN8OSi/c1-27(2,3)18-6-7-30-23(13-18)34-26(37)33-22-5-4-17(12-21(22)28)20-14-19(15-35-8-10-38-11-9-35)36-24(20)25(29)31-16-32-36/h4-7,12-14,16H,8-11,15H2,1-3H3,(H2,29,31,32)(H2,30,33,34,37). The highest BCUT2D eigenvalue weighted by molar-refractivity contribution is 6.35. The number of rotatable bonds is 5. The van der Waals surface area contributed by atoms with Gasteiger partial charge in [0.2, 0.25) is 0 Å². The Balaban J connectivity index is 1.37. The van der Waals surface area contributed by atoms with Crippen molar-refractivity contribution >= 4 is 38.4 Å². The quantitative estimate of drug-likeness (QED) is 0.319. The summed E-state index contributed by atoms with van der Waals surface area (Å²) in [6.07, 6.45) is 3.08. The van der Waals surface area contributed by atoms with Crippen molar-refractivity contribution in [3.8, 4) is 11.1 Å². The molecular weight excluding hydrogens is 499 g/mol. The number of pyridine rings is 1. The summed E-state index contributed by atoms with van der Waals surface area (Å²) in [5, 5.41) is 9.69. The zero-order chi connectivity index (χ0) is 26.9. The van der Waals surface area contributed by atoms with Gasteiger partial charge in [-0.15, -0.1) is 0 Å². The Bertz CT molecular complexity index is 1480. The van der Waals surface area contributed by atoms with Crippen LogP contribution in [-0.4, -0.2) is 53.1 Å². The third-order valence-corrected chi connectivity index (χ3v) is 7.80. The molecule has 0 unspecified atom stereocenters. The molecule has 4 N–H and O–H groups in total. The lowest BCUT2D eigenvalue weighted by atomic mass is 9.88. The summed E-state index contributed by atoms with van der Waals surface area (Å²) in [6, 6.07) is 12.2. The van der Waals surface area contributed by atoms with Gasteiger partial charge in [0.1, 0.15) is 23.5 Å². The van der Waals surface area contributed by atoms with E-state index in [2.05, 4.69) is 51.4 Å². The highest BCUT2D eigenvalue weighted by Crippen LogP contribution is 2.33. The first-order valence-corrected chi connectivity index (χ1v) is 14.0. The van der Waals surface area contributed by atoms with Gasteiger partial charge in [-0.3, -0.25) is 10.2 Å². The molecular formula is C27H31FN8OSi. The third kappa shape index (κ3) is 5.53. The molecule has 1 saturated heterocycles. The number of fused-ring (bicyclic) bond motifs is 1. The van der Waals surface area contributed by atoms with E-state index in [9.17, 15) is 4.79 Å². The van der Waals surface area contributed by atoms with Gasteiger partial charge in [-0.1, -0.05) is 26.8 Å². The zero-order valence-electron chi connectivity index (χ0n) is 21.8. The van der Waals surface area contributed by atoms with E-state index in [0.29, 0.717) is 22.7 Å². The van der Waals surface area contributed by atoms with Crippen LogP contribution in [0.2, 0.25) is 12.1 Å². The molecule has 1 aliphatic rings. The van der Waals surface area contributed by atoms with E-state index in [1.807, 2.05) is 18.2 Å². The molecule has 2 radical (unpaired) electrons. The number of hydrogen-bond acceptors (Lipinski definition) is 6. The Morgan fingerprint density at radius 2 is 1.89 bits per heavy atom. The molecule has 4 heterocycles. The van der Waals surface area contributed by atoms with Crippen LogP contribution in [0.5, 0.6) is 0 Å². The molecule has 5 rings (SSSR count). The van der Waals surface area contributed by atoms with Gasteiger partial charge in [-0.25, -0.2) is 23.7 Å². The van der Waals surface area contributed by atoms with Crippen molar-refractivity contribution in [2.75, 3.05) is 29.5 Å². The molecule has 11 heteroatoms. The van der Waals surface area contributed by atoms with Crippen molar-refractivity contribution in [2.45, 2.75) is 44.8 Å². The van der Waals surface area contributed by atoms with Crippen molar-refractivity contribution in [1.29, 1.82) is 0 Å². The van der Waals surface area contributed by atoms with Gasteiger partial charge in [-0.05, 0) is 72.1 Å². The SMILES string of the molecule is CC(C)(C)c1ccnc(NC(=O)Nc2ccc(-c3cc(CN4CC[Si]CC4)n4ncnc(N)c34)cc2F)c1. The van der Waals surface area contributed by atoms with Crippen LogP contribution in [0, 0.1) is 5.82 Å². The maximum Gasteiger partial charge on any atom is 0.324 e. The molecule has 0 saturated carbocycles. The van der Waals surface area contributed by atoms with Gasteiger partial charge in [0.15, 0.2) is 5.82 Å². The maximum atomic E-state index is 15.2. The first-order valence-electron chi connectivity index (χ1n) is 12.6. The molecule has 1 aliphatic heterocycles. The van der Waals surface area contributed by atoms with Crippen molar-refractivity contribution in [2.24, 2.45) is 0 Å². The van der Waals surface area contributed by atoms with Crippen molar-refractivity contribution in [3.63, 3.8) is 0 Å². The van der Waals surface area contributed by atoms with Gasteiger partial charge in [0, 0.05) is 27.8 Å². The van der Waals surface area contributed by atoms with E-state index in [0.717, 1.165) is 46.0 Å². The fourth-order valence-corrected chi connectivity index (χ4v) is 5.78. The number of benzene rings is 1. The molecule has 2 amide bonds. The predicted molar refractivity (Wildman–Crippen MR) is 149 cm³/mol. The van der Waals surface area contributed by atoms with Crippen LogP contribution in [0.3, 0.4) is 0 Å². The number of nitrogens with two attached hydrogens (primary N) is 1. The van der Waals surface area contributed by atoms with Crippen LogP contribution >= 0.6 is 0 Å². The van der Waals surface area contributed by atoms with E-state index < -0.39 is 11.8 Å². The Kier molecular flexibility index (Phi) is 7.13. The lowest BCUT2D eigenvalue weighted by molar-refractivity contribution is 0.262. The summed E-state index contributed by atoms with van der Waals surface area (Å²) in [6.45, 7) is 9.06. The first-order chi connectivity index (χ1) is 18.2. The summed E-state index contributed by atoms with van der Waals surface area (Å²) in [7, 11) is 1.02. The highest BCUT2D eigenvalue weighted by atomic mass is 28.2. The second kappa shape index (κ2) is 10.5. The largest absolute Gasteiger partial charge is 0.382 e. The lowest BCUT2D eigenvalue weighted by Gasteiger charge is -2.25. The smallest absolute Gasteiger partial charge is 0.324 e. The second-order valence-corrected chi connectivity index (χ2v) is 11.9. The molecule has 0 bridgehead atoms. The molecule has 4 aromatic rings. The van der Waals surface area contributed by atoms with Gasteiger partial charge < -0.3 is 11.1 Å². The number of aromatic nitrogens is 4. The van der Waals surface area contributed by atoms with Gasteiger partial charge in [-0.2, -0.15) is 5.10 Å². The van der Waals surface area contributed by atoms with E-state index in [1.54, 1.807) is 16.8 Å². The highest BCUT2D eigenvalue weighted by Gasteiger charge is 2.20. The van der Waals surface area contributed by atoms with Crippen LogP contribution in [0.25, 0.3) is 16.6 Å². The van der Waals surface area contributed by atoms with E-state index in [-0.39, 0.29) is 11.1 Å². The van der Waals surface area contributed by atoms with Gasteiger partial charge in [0.05, 0.1) is 11.4 Å². The van der Waals surface area contributed by atoms with Crippen LogP contribution in [0.4, 0.5) is 26.5 Å².